The first-order chi connectivity index (χ1) is 8.43. The monoisotopic (exact) mass is 261 g/mol. The highest BCUT2D eigenvalue weighted by Gasteiger charge is 2.24. The van der Waals surface area contributed by atoms with Gasteiger partial charge in [0, 0.05) is 12.6 Å². The van der Waals surface area contributed by atoms with Crippen molar-refractivity contribution in [3.8, 4) is 0 Å². The van der Waals surface area contributed by atoms with Gasteiger partial charge in [-0.1, -0.05) is 53.7 Å². The van der Waals surface area contributed by atoms with Crippen molar-refractivity contribution >= 4 is 11.6 Å². The van der Waals surface area contributed by atoms with E-state index in [2.05, 4.69) is 65.9 Å². The lowest BCUT2D eigenvalue weighted by atomic mass is 9.78. The zero-order valence-electron chi connectivity index (χ0n) is 13.6. The van der Waals surface area contributed by atoms with E-state index >= 15 is 0 Å². The number of hydrogen-bond donors (Lipinski definition) is 1. The van der Waals surface area contributed by atoms with Crippen molar-refractivity contribution in [2.75, 3.05) is 5.32 Å². The number of carbonyl (C=O) groups excluding carboxylic acids is 1. The standard InChI is InChI=1S/C17H27NO/c1-11-9-13(16(3,4)5)10-14(17(6,7)8)15(11)18-12(2)19/h9-10H,1-8H3,(H,18,19). The number of hydrogen-bond acceptors (Lipinski definition) is 1. The van der Waals surface area contributed by atoms with Crippen LogP contribution in [0.5, 0.6) is 0 Å². The van der Waals surface area contributed by atoms with E-state index in [1.54, 1.807) is 6.92 Å². The van der Waals surface area contributed by atoms with E-state index in [0.29, 0.717) is 0 Å². The molecule has 19 heavy (non-hydrogen) atoms. The second-order valence-electron chi connectivity index (χ2n) is 7.40. The minimum atomic E-state index is -0.0166. The van der Waals surface area contributed by atoms with E-state index in [0.717, 1.165) is 11.3 Å². The number of aryl methyl sites for hydroxylation is 1. The van der Waals surface area contributed by atoms with Gasteiger partial charge in [0.25, 0.3) is 0 Å². The molecule has 1 amide bonds. The molecule has 0 saturated heterocycles. The number of benzene rings is 1. The summed E-state index contributed by atoms with van der Waals surface area (Å²) in [5.74, 6) is -0.0166. The lowest BCUT2D eigenvalue weighted by Crippen LogP contribution is -2.21. The fraction of sp³-hybridized carbons (Fsp3) is 0.588. The molecule has 1 rings (SSSR count). The summed E-state index contributed by atoms with van der Waals surface area (Å²) < 4.78 is 0. The minimum absolute atomic E-state index is 0.00377. The lowest BCUT2D eigenvalue weighted by Gasteiger charge is -2.29. The Bertz CT molecular complexity index is 487. The molecule has 1 aromatic carbocycles. The van der Waals surface area contributed by atoms with E-state index in [1.165, 1.54) is 11.1 Å². The molecule has 1 aromatic rings. The van der Waals surface area contributed by atoms with Crippen LogP contribution < -0.4 is 5.32 Å². The Balaban J connectivity index is 3.52. The van der Waals surface area contributed by atoms with Crippen molar-refractivity contribution < 1.29 is 4.79 Å². The summed E-state index contributed by atoms with van der Waals surface area (Å²) in [6, 6.07) is 4.42. The quantitative estimate of drug-likeness (QED) is 0.789. The highest BCUT2D eigenvalue weighted by Crippen LogP contribution is 2.36. The fourth-order valence-electron chi connectivity index (χ4n) is 2.15. The van der Waals surface area contributed by atoms with Gasteiger partial charge >= 0.3 is 0 Å². The summed E-state index contributed by atoms with van der Waals surface area (Å²) in [5, 5.41) is 2.99. The van der Waals surface area contributed by atoms with Crippen LogP contribution in [0.15, 0.2) is 12.1 Å². The van der Waals surface area contributed by atoms with Gasteiger partial charge in [0.15, 0.2) is 0 Å². The predicted molar refractivity (Wildman–Crippen MR) is 82.9 cm³/mol. The van der Waals surface area contributed by atoms with Crippen LogP contribution in [0.25, 0.3) is 0 Å². The third-order valence-electron chi connectivity index (χ3n) is 3.31. The highest BCUT2D eigenvalue weighted by atomic mass is 16.1. The second kappa shape index (κ2) is 4.99. The predicted octanol–water partition coefficient (Wildman–Crippen LogP) is 4.55. The largest absolute Gasteiger partial charge is 0.326 e. The summed E-state index contributed by atoms with van der Waals surface area (Å²) in [7, 11) is 0. The van der Waals surface area contributed by atoms with Crippen molar-refractivity contribution in [1.82, 2.24) is 0 Å². The molecule has 0 spiro atoms. The van der Waals surface area contributed by atoms with Crippen LogP contribution in [0.2, 0.25) is 0 Å². The molecule has 0 radical (unpaired) electrons. The molecule has 0 aliphatic rings. The molecular formula is C17H27NO. The molecule has 0 unspecified atom stereocenters. The Morgan fingerprint density at radius 1 is 1.00 bits per heavy atom. The van der Waals surface area contributed by atoms with Crippen LogP contribution in [0.4, 0.5) is 5.69 Å². The topological polar surface area (TPSA) is 29.1 Å². The van der Waals surface area contributed by atoms with Crippen molar-refractivity contribution in [2.45, 2.75) is 66.2 Å². The number of carbonyl (C=O) groups is 1. The number of anilines is 1. The van der Waals surface area contributed by atoms with E-state index in [9.17, 15) is 4.79 Å². The van der Waals surface area contributed by atoms with Crippen molar-refractivity contribution in [1.29, 1.82) is 0 Å². The van der Waals surface area contributed by atoms with Gasteiger partial charge in [-0.05, 0) is 34.4 Å². The first kappa shape index (κ1) is 15.7. The van der Waals surface area contributed by atoms with Gasteiger partial charge < -0.3 is 5.32 Å². The van der Waals surface area contributed by atoms with Gasteiger partial charge in [-0.3, -0.25) is 4.79 Å². The maximum Gasteiger partial charge on any atom is 0.221 e. The molecule has 0 aromatic heterocycles. The Labute approximate surface area is 117 Å². The molecule has 2 heteroatoms. The molecular weight excluding hydrogens is 234 g/mol. The molecule has 2 nitrogen and oxygen atoms in total. The van der Waals surface area contributed by atoms with Crippen LogP contribution >= 0.6 is 0 Å². The first-order valence-electron chi connectivity index (χ1n) is 6.86. The SMILES string of the molecule is CC(=O)Nc1c(C)cc(C(C)(C)C)cc1C(C)(C)C. The van der Waals surface area contributed by atoms with Gasteiger partial charge in [0.05, 0.1) is 0 Å². The minimum Gasteiger partial charge on any atom is -0.326 e. The van der Waals surface area contributed by atoms with Crippen LogP contribution in [-0.4, -0.2) is 5.91 Å². The van der Waals surface area contributed by atoms with E-state index in [4.69, 9.17) is 0 Å². The summed E-state index contributed by atoms with van der Waals surface area (Å²) in [5.41, 5.74) is 4.72. The van der Waals surface area contributed by atoms with Gasteiger partial charge in [0.1, 0.15) is 0 Å². The summed E-state index contributed by atoms with van der Waals surface area (Å²) >= 11 is 0. The van der Waals surface area contributed by atoms with Crippen molar-refractivity contribution in [3.05, 3.63) is 28.8 Å². The van der Waals surface area contributed by atoms with Gasteiger partial charge in [-0.2, -0.15) is 0 Å². The Hall–Kier alpha value is -1.31. The van der Waals surface area contributed by atoms with Gasteiger partial charge in [-0.15, -0.1) is 0 Å². The van der Waals surface area contributed by atoms with Crippen LogP contribution in [0.1, 0.15) is 65.2 Å². The number of rotatable bonds is 1. The van der Waals surface area contributed by atoms with Crippen LogP contribution in [0.3, 0.4) is 0 Å². The average molecular weight is 261 g/mol. The molecule has 0 aliphatic heterocycles. The average Bonchev–Trinajstić information content (AvgIpc) is 2.16. The number of nitrogens with one attached hydrogen (secondary N) is 1. The third-order valence-corrected chi connectivity index (χ3v) is 3.31. The van der Waals surface area contributed by atoms with E-state index < -0.39 is 0 Å². The molecule has 0 atom stereocenters. The fourth-order valence-corrected chi connectivity index (χ4v) is 2.15. The second-order valence-corrected chi connectivity index (χ2v) is 7.40. The molecule has 1 N–H and O–H groups in total. The summed E-state index contributed by atoms with van der Waals surface area (Å²) in [6.07, 6.45) is 0. The molecule has 0 fully saturated rings. The van der Waals surface area contributed by atoms with E-state index in [1.807, 2.05) is 0 Å². The Morgan fingerprint density at radius 3 is 1.89 bits per heavy atom. The van der Waals surface area contributed by atoms with Gasteiger partial charge in [0.2, 0.25) is 5.91 Å². The lowest BCUT2D eigenvalue weighted by molar-refractivity contribution is -0.114. The maximum absolute atomic E-state index is 11.4. The van der Waals surface area contributed by atoms with Crippen molar-refractivity contribution in [3.63, 3.8) is 0 Å². The molecule has 0 saturated carbocycles. The number of amides is 1. The normalized spacial score (nSPS) is 12.4. The third kappa shape index (κ3) is 3.82. The highest BCUT2D eigenvalue weighted by molar-refractivity contribution is 5.91. The summed E-state index contributed by atoms with van der Waals surface area (Å²) in [4.78, 5) is 11.4. The van der Waals surface area contributed by atoms with Gasteiger partial charge in [-0.25, -0.2) is 0 Å². The zero-order chi connectivity index (χ0) is 15.0. The smallest absolute Gasteiger partial charge is 0.221 e. The van der Waals surface area contributed by atoms with Crippen LogP contribution in [0, 0.1) is 6.92 Å². The Morgan fingerprint density at radius 2 is 1.53 bits per heavy atom. The molecule has 0 bridgehead atoms. The molecule has 0 heterocycles. The Kier molecular flexibility index (Phi) is 4.14. The maximum atomic E-state index is 11.4. The zero-order valence-corrected chi connectivity index (χ0v) is 13.6. The van der Waals surface area contributed by atoms with Crippen molar-refractivity contribution in [2.24, 2.45) is 0 Å². The molecule has 0 aliphatic carbocycles. The van der Waals surface area contributed by atoms with Crippen LogP contribution in [-0.2, 0) is 15.6 Å². The first-order valence-corrected chi connectivity index (χ1v) is 6.86. The van der Waals surface area contributed by atoms with E-state index in [-0.39, 0.29) is 16.7 Å². The molecule has 106 valence electrons. The summed E-state index contributed by atoms with van der Waals surface area (Å²) in [6.45, 7) is 16.8.